The minimum atomic E-state index is -3.60. The third-order valence-corrected chi connectivity index (χ3v) is 7.25. The fraction of sp³-hybridized carbons (Fsp3) is 0.312. The second-order valence-electron chi connectivity index (χ2n) is 5.51. The number of anilines is 1. The molecule has 0 radical (unpaired) electrons. The Bertz CT molecular complexity index is 800. The van der Waals surface area contributed by atoms with Crippen molar-refractivity contribution in [1.82, 2.24) is 4.31 Å². The fourth-order valence-electron chi connectivity index (χ4n) is 2.74. The van der Waals surface area contributed by atoms with Gasteiger partial charge in [-0.05, 0) is 42.8 Å². The maximum Gasteiger partial charge on any atom is 0.253 e. The van der Waals surface area contributed by atoms with Gasteiger partial charge < -0.3 is 5.32 Å². The summed E-state index contributed by atoms with van der Waals surface area (Å²) in [5.41, 5.74) is 1.67. The lowest BCUT2D eigenvalue weighted by Gasteiger charge is -2.23. The Morgan fingerprint density at radius 1 is 1.26 bits per heavy atom. The summed E-state index contributed by atoms with van der Waals surface area (Å²) >= 11 is 1.18. The zero-order chi connectivity index (χ0) is 16.4. The summed E-state index contributed by atoms with van der Waals surface area (Å²) in [6, 6.07) is 10.1. The number of hydrogen-bond donors (Lipinski definition) is 1. The first-order chi connectivity index (χ1) is 11.0. The molecule has 0 aliphatic carbocycles. The summed E-state index contributed by atoms with van der Waals surface area (Å²) in [6.45, 7) is 2.29. The molecule has 1 aromatic carbocycles. The first-order valence-corrected chi connectivity index (χ1v) is 9.74. The van der Waals surface area contributed by atoms with E-state index in [-0.39, 0.29) is 10.1 Å². The minimum Gasteiger partial charge on any atom is -0.324 e. The highest BCUT2D eigenvalue weighted by Crippen LogP contribution is 2.29. The van der Waals surface area contributed by atoms with Crippen LogP contribution in [-0.4, -0.2) is 31.2 Å². The van der Waals surface area contributed by atoms with Gasteiger partial charge in [-0.25, -0.2) is 8.42 Å². The molecule has 2 heterocycles. The highest BCUT2D eigenvalue weighted by molar-refractivity contribution is 7.91. The number of hydrogen-bond acceptors (Lipinski definition) is 4. The van der Waals surface area contributed by atoms with Crippen molar-refractivity contribution < 1.29 is 13.2 Å². The lowest BCUT2D eigenvalue weighted by molar-refractivity contribution is -0.119. The molecule has 1 amide bonds. The molecule has 1 aliphatic rings. The van der Waals surface area contributed by atoms with Gasteiger partial charge in [0.2, 0.25) is 5.91 Å². The number of nitrogens with zero attached hydrogens (tertiary/aromatic N) is 1. The number of sulfonamides is 1. The molecular formula is C16H18N2O3S2. The number of carbonyl (C=O) groups is 1. The molecule has 1 fully saturated rings. The van der Waals surface area contributed by atoms with Crippen LogP contribution in [-0.2, 0) is 14.8 Å². The van der Waals surface area contributed by atoms with Crippen molar-refractivity contribution in [1.29, 1.82) is 0 Å². The van der Waals surface area contributed by atoms with Crippen LogP contribution in [0, 0.1) is 6.92 Å². The van der Waals surface area contributed by atoms with Crippen LogP contribution in [0.15, 0.2) is 46.0 Å². The van der Waals surface area contributed by atoms with Gasteiger partial charge in [0.1, 0.15) is 10.3 Å². The molecule has 1 aromatic heterocycles. The smallest absolute Gasteiger partial charge is 0.253 e. The molecule has 0 bridgehead atoms. The van der Waals surface area contributed by atoms with Gasteiger partial charge >= 0.3 is 0 Å². The van der Waals surface area contributed by atoms with Crippen LogP contribution in [0.3, 0.4) is 0 Å². The average molecular weight is 350 g/mol. The van der Waals surface area contributed by atoms with Crippen molar-refractivity contribution in [3.05, 3.63) is 47.3 Å². The fourth-order valence-corrected chi connectivity index (χ4v) is 5.52. The SMILES string of the molecule is Cc1ccccc1NC(=O)C1CCCN1S(=O)(=O)c1cccs1. The van der Waals surface area contributed by atoms with E-state index in [2.05, 4.69) is 5.32 Å². The van der Waals surface area contributed by atoms with E-state index in [1.54, 1.807) is 17.5 Å². The standard InChI is InChI=1S/C16H18N2O3S2/c1-12-6-2-3-7-13(12)17-16(19)14-8-4-10-18(14)23(20,21)15-9-5-11-22-15/h2-3,5-7,9,11,14H,4,8,10H2,1H3,(H,17,19). The first kappa shape index (κ1) is 16.2. The van der Waals surface area contributed by atoms with E-state index in [1.807, 2.05) is 31.2 Å². The molecule has 1 aliphatic heterocycles. The van der Waals surface area contributed by atoms with Gasteiger partial charge in [-0.2, -0.15) is 4.31 Å². The third-order valence-electron chi connectivity index (χ3n) is 3.97. The van der Waals surface area contributed by atoms with Gasteiger partial charge in [-0.15, -0.1) is 11.3 Å². The maximum atomic E-state index is 12.7. The Hall–Kier alpha value is -1.70. The van der Waals surface area contributed by atoms with Gasteiger partial charge in [0.15, 0.2) is 0 Å². The van der Waals surface area contributed by atoms with Crippen molar-refractivity contribution in [2.24, 2.45) is 0 Å². The lowest BCUT2D eigenvalue weighted by Crippen LogP contribution is -2.42. The zero-order valence-electron chi connectivity index (χ0n) is 12.7. The zero-order valence-corrected chi connectivity index (χ0v) is 14.4. The van der Waals surface area contributed by atoms with Crippen LogP contribution in [0.1, 0.15) is 18.4 Å². The Labute approximate surface area is 140 Å². The predicted molar refractivity (Wildman–Crippen MR) is 91.0 cm³/mol. The number of benzene rings is 1. The van der Waals surface area contributed by atoms with E-state index >= 15 is 0 Å². The van der Waals surface area contributed by atoms with E-state index in [1.165, 1.54) is 15.6 Å². The highest BCUT2D eigenvalue weighted by atomic mass is 32.2. The molecule has 7 heteroatoms. The number of rotatable bonds is 4. The molecule has 122 valence electrons. The molecule has 1 N–H and O–H groups in total. The summed E-state index contributed by atoms with van der Waals surface area (Å²) in [4.78, 5) is 12.6. The maximum absolute atomic E-state index is 12.7. The number of carbonyl (C=O) groups excluding carboxylic acids is 1. The predicted octanol–water partition coefficient (Wildman–Crippen LogP) is 2.85. The van der Waals surface area contributed by atoms with Crippen LogP contribution in [0.4, 0.5) is 5.69 Å². The second kappa shape index (κ2) is 6.43. The molecule has 5 nitrogen and oxygen atoms in total. The Balaban J connectivity index is 1.82. The number of aryl methyl sites for hydroxylation is 1. The van der Waals surface area contributed by atoms with E-state index < -0.39 is 16.1 Å². The lowest BCUT2D eigenvalue weighted by atomic mass is 10.1. The van der Waals surface area contributed by atoms with Gasteiger partial charge in [0.25, 0.3) is 10.0 Å². The number of amides is 1. The van der Waals surface area contributed by atoms with Crippen molar-refractivity contribution in [3.8, 4) is 0 Å². The van der Waals surface area contributed by atoms with Crippen LogP contribution in [0.25, 0.3) is 0 Å². The van der Waals surface area contributed by atoms with E-state index in [9.17, 15) is 13.2 Å². The largest absolute Gasteiger partial charge is 0.324 e. The molecule has 0 spiro atoms. The van der Waals surface area contributed by atoms with Crippen molar-refractivity contribution in [2.45, 2.75) is 30.0 Å². The Morgan fingerprint density at radius 3 is 2.74 bits per heavy atom. The summed E-state index contributed by atoms with van der Waals surface area (Å²) in [5, 5.41) is 4.59. The molecular weight excluding hydrogens is 332 g/mol. The Kier molecular flexibility index (Phi) is 4.52. The summed E-state index contributed by atoms with van der Waals surface area (Å²) in [7, 11) is -3.60. The number of para-hydroxylation sites is 1. The molecule has 1 atom stereocenters. The van der Waals surface area contributed by atoms with Gasteiger partial charge in [-0.1, -0.05) is 24.3 Å². The molecule has 1 saturated heterocycles. The summed E-state index contributed by atoms with van der Waals surface area (Å²) in [6.07, 6.45) is 1.23. The second-order valence-corrected chi connectivity index (χ2v) is 8.58. The number of thiophene rings is 1. The molecule has 23 heavy (non-hydrogen) atoms. The van der Waals surface area contributed by atoms with Crippen molar-refractivity contribution in [2.75, 3.05) is 11.9 Å². The third kappa shape index (κ3) is 3.17. The topological polar surface area (TPSA) is 66.5 Å². The van der Waals surface area contributed by atoms with E-state index in [0.29, 0.717) is 19.4 Å². The Morgan fingerprint density at radius 2 is 2.04 bits per heavy atom. The molecule has 0 saturated carbocycles. The van der Waals surface area contributed by atoms with Crippen LogP contribution in [0.2, 0.25) is 0 Å². The minimum absolute atomic E-state index is 0.267. The van der Waals surface area contributed by atoms with Crippen molar-refractivity contribution >= 4 is 33.0 Å². The van der Waals surface area contributed by atoms with E-state index in [4.69, 9.17) is 0 Å². The van der Waals surface area contributed by atoms with Crippen LogP contribution >= 0.6 is 11.3 Å². The summed E-state index contributed by atoms with van der Waals surface area (Å²) in [5.74, 6) is -0.267. The molecule has 1 unspecified atom stereocenters. The number of nitrogens with one attached hydrogen (secondary N) is 1. The average Bonchev–Trinajstić information content (AvgIpc) is 3.21. The van der Waals surface area contributed by atoms with Gasteiger partial charge in [-0.3, -0.25) is 4.79 Å². The van der Waals surface area contributed by atoms with Crippen LogP contribution < -0.4 is 5.32 Å². The highest BCUT2D eigenvalue weighted by Gasteiger charge is 2.39. The van der Waals surface area contributed by atoms with Crippen molar-refractivity contribution in [3.63, 3.8) is 0 Å². The quantitative estimate of drug-likeness (QED) is 0.922. The van der Waals surface area contributed by atoms with Crippen LogP contribution in [0.5, 0.6) is 0 Å². The molecule has 3 rings (SSSR count). The molecule has 2 aromatic rings. The first-order valence-electron chi connectivity index (χ1n) is 7.42. The van der Waals surface area contributed by atoms with E-state index in [0.717, 1.165) is 11.3 Å². The van der Waals surface area contributed by atoms with Gasteiger partial charge in [0.05, 0.1) is 0 Å². The normalized spacial score (nSPS) is 18.9. The monoisotopic (exact) mass is 350 g/mol. The van der Waals surface area contributed by atoms with Gasteiger partial charge in [0, 0.05) is 12.2 Å². The summed E-state index contributed by atoms with van der Waals surface area (Å²) < 4.78 is 27.0.